The number of amides is 2. The summed E-state index contributed by atoms with van der Waals surface area (Å²) in [4.78, 5) is 23.5. The molecular formula is C18H19N3O4. The first-order valence-corrected chi connectivity index (χ1v) is 8.08. The van der Waals surface area contributed by atoms with Crippen LogP contribution in [0.15, 0.2) is 41.5 Å². The van der Waals surface area contributed by atoms with Gasteiger partial charge in [-0.3, -0.25) is 9.59 Å². The Morgan fingerprint density at radius 2 is 2.08 bits per heavy atom. The van der Waals surface area contributed by atoms with E-state index < -0.39 is 11.8 Å². The molecule has 1 atom stereocenters. The maximum atomic E-state index is 11.7. The molecule has 0 unspecified atom stereocenters. The number of nitrogens with zero attached hydrogens (tertiary/aromatic N) is 1. The summed E-state index contributed by atoms with van der Waals surface area (Å²) in [6, 6.07) is 10.8. The Hall–Kier alpha value is -2.93. The number of aromatic hydroxyl groups is 1. The fraction of sp³-hybridized carbons (Fsp3) is 0.278. The van der Waals surface area contributed by atoms with Crippen molar-refractivity contribution >= 4 is 28.8 Å². The Morgan fingerprint density at radius 3 is 2.88 bits per heavy atom. The van der Waals surface area contributed by atoms with E-state index in [9.17, 15) is 14.7 Å². The maximum absolute atomic E-state index is 11.7. The molecule has 3 rings (SSSR count). The van der Waals surface area contributed by atoms with Crippen LogP contribution in [-0.2, 0) is 14.3 Å². The van der Waals surface area contributed by atoms with Crippen molar-refractivity contribution < 1.29 is 19.4 Å². The molecule has 2 aromatic carbocycles. The van der Waals surface area contributed by atoms with E-state index in [4.69, 9.17) is 4.74 Å². The lowest BCUT2D eigenvalue weighted by Crippen LogP contribution is -2.41. The molecule has 25 heavy (non-hydrogen) atoms. The van der Waals surface area contributed by atoms with Crippen molar-refractivity contribution in [3.05, 3.63) is 42.0 Å². The minimum absolute atomic E-state index is 0.0344. The van der Waals surface area contributed by atoms with Crippen molar-refractivity contribution in [3.8, 4) is 5.75 Å². The van der Waals surface area contributed by atoms with Gasteiger partial charge in [0.25, 0.3) is 0 Å². The number of hydrogen-bond donors (Lipinski definition) is 3. The van der Waals surface area contributed by atoms with Crippen LogP contribution in [0.1, 0.15) is 18.4 Å². The van der Waals surface area contributed by atoms with Gasteiger partial charge in [0.2, 0.25) is 0 Å². The predicted octanol–water partition coefficient (Wildman–Crippen LogP) is 1.29. The first-order valence-electron chi connectivity index (χ1n) is 8.08. The van der Waals surface area contributed by atoms with Crippen LogP contribution in [0.25, 0.3) is 10.8 Å². The molecule has 1 aliphatic heterocycles. The summed E-state index contributed by atoms with van der Waals surface area (Å²) in [5, 5.41) is 18.0. The largest absolute Gasteiger partial charge is 0.507 e. The number of phenolic OH excluding ortho intramolecular Hbond substituents is 1. The highest BCUT2D eigenvalue weighted by Crippen LogP contribution is 2.25. The average Bonchev–Trinajstić information content (AvgIpc) is 3.15. The molecule has 1 aliphatic rings. The second kappa shape index (κ2) is 7.76. The standard InChI is InChI=1S/C18H19N3O4/c22-16-8-7-12-4-1-2-6-14(12)15(16)11-20-21-18(24)17(23)19-10-13-5-3-9-25-13/h1-2,4,6-8,11,13,22H,3,5,9-10H2,(H,19,23)(H,21,24)/b20-11-/t13-/m0/s1. The van der Waals surface area contributed by atoms with Crippen molar-refractivity contribution in [3.63, 3.8) is 0 Å². The second-order valence-electron chi connectivity index (χ2n) is 5.76. The van der Waals surface area contributed by atoms with Gasteiger partial charge in [-0.15, -0.1) is 0 Å². The second-order valence-corrected chi connectivity index (χ2v) is 5.76. The van der Waals surface area contributed by atoms with Crippen molar-refractivity contribution in [2.24, 2.45) is 5.10 Å². The third-order valence-corrected chi connectivity index (χ3v) is 4.03. The quantitative estimate of drug-likeness (QED) is 0.443. The van der Waals surface area contributed by atoms with Gasteiger partial charge in [-0.1, -0.05) is 30.3 Å². The van der Waals surface area contributed by atoms with Crippen LogP contribution in [0.2, 0.25) is 0 Å². The number of hydrogen-bond acceptors (Lipinski definition) is 5. The molecule has 3 N–H and O–H groups in total. The van der Waals surface area contributed by atoms with E-state index in [1.165, 1.54) is 6.21 Å². The Morgan fingerprint density at radius 1 is 1.24 bits per heavy atom. The molecular weight excluding hydrogens is 322 g/mol. The normalized spacial score (nSPS) is 17.0. The van der Waals surface area contributed by atoms with E-state index >= 15 is 0 Å². The van der Waals surface area contributed by atoms with E-state index in [0.717, 1.165) is 23.6 Å². The zero-order chi connectivity index (χ0) is 17.6. The van der Waals surface area contributed by atoms with Crippen LogP contribution >= 0.6 is 0 Å². The predicted molar refractivity (Wildman–Crippen MR) is 93.3 cm³/mol. The van der Waals surface area contributed by atoms with Gasteiger partial charge in [-0.05, 0) is 29.7 Å². The van der Waals surface area contributed by atoms with Crippen molar-refractivity contribution in [1.82, 2.24) is 10.7 Å². The fourth-order valence-electron chi connectivity index (χ4n) is 2.72. The number of ether oxygens (including phenoxy) is 1. The number of nitrogens with one attached hydrogen (secondary N) is 2. The number of phenols is 1. The summed E-state index contributed by atoms with van der Waals surface area (Å²) < 4.78 is 5.37. The number of benzene rings is 2. The van der Waals surface area contributed by atoms with Gasteiger partial charge in [-0.25, -0.2) is 5.43 Å². The molecule has 0 saturated carbocycles. The van der Waals surface area contributed by atoms with Crippen LogP contribution in [0, 0.1) is 0 Å². The lowest BCUT2D eigenvalue weighted by molar-refractivity contribution is -0.139. The fourth-order valence-corrected chi connectivity index (χ4v) is 2.72. The van der Waals surface area contributed by atoms with Gasteiger partial charge < -0.3 is 15.2 Å². The zero-order valence-electron chi connectivity index (χ0n) is 13.6. The lowest BCUT2D eigenvalue weighted by atomic mass is 10.0. The van der Waals surface area contributed by atoms with E-state index in [1.54, 1.807) is 12.1 Å². The lowest BCUT2D eigenvalue weighted by Gasteiger charge is -2.09. The minimum atomic E-state index is -0.867. The summed E-state index contributed by atoms with van der Waals surface area (Å²) in [7, 11) is 0. The van der Waals surface area contributed by atoms with Gasteiger partial charge in [-0.2, -0.15) is 5.10 Å². The summed E-state index contributed by atoms with van der Waals surface area (Å²) in [6.07, 6.45) is 3.13. The Bertz CT molecular complexity index is 813. The highest BCUT2D eigenvalue weighted by atomic mass is 16.5. The third-order valence-electron chi connectivity index (χ3n) is 4.03. The molecule has 2 aromatic rings. The summed E-state index contributed by atoms with van der Waals surface area (Å²) in [6.45, 7) is 0.992. The Labute approximate surface area is 144 Å². The molecule has 0 radical (unpaired) electrons. The van der Waals surface area contributed by atoms with Gasteiger partial charge in [0.1, 0.15) is 5.75 Å². The molecule has 0 bridgehead atoms. The topological polar surface area (TPSA) is 100 Å². The highest BCUT2D eigenvalue weighted by Gasteiger charge is 2.19. The van der Waals surface area contributed by atoms with Gasteiger partial charge >= 0.3 is 11.8 Å². The van der Waals surface area contributed by atoms with Gasteiger partial charge in [0, 0.05) is 18.7 Å². The van der Waals surface area contributed by atoms with Crippen molar-refractivity contribution in [1.29, 1.82) is 0 Å². The molecule has 0 aliphatic carbocycles. The van der Waals surface area contributed by atoms with Crippen LogP contribution in [0.4, 0.5) is 0 Å². The van der Waals surface area contributed by atoms with Crippen molar-refractivity contribution in [2.75, 3.05) is 13.2 Å². The molecule has 7 heteroatoms. The summed E-state index contributed by atoms with van der Waals surface area (Å²) in [5.74, 6) is -1.59. The molecule has 0 aromatic heterocycles. The molecule has 130 valence electrons. The first kappa shape index (κ1) is 16.9. The maximum Gasteiger partial charge on any atom is 0.329 e. The van der Waals surface area contributed by atoms with Crippen LogP contribution in [0.5, 0.6) is 5.75 Å². The van der Waals surface area contributed by atoms with Crippen LogP contribution in [-0.4, -0.2) is 42.4 Å². The number of carbonyl (C=O) groups excluding carboxylic acids is 2. The van der Waals surface area contributed by atoms with Gasteiger partial charge in [0.05, 0.1) is 12.3 Å². The van der Waals surface area contributed by atoms with Crippen LogP contribution in [0.3, 0.4) is 0 Å². The molecule has 1 heterocycles. The van der Waals surface area contributed by atoms with E-state index in [2.05, 4.69) is 15.8 Å². The third kappa shape index (κ3) is 4.13. The van der Waals surface area contributed by atoms with Gasteiger partial charge in [0.15, 0.2) is 0 Å². The highest BCUT2D eigenvalue weighted by molar-refractivity contribution is 6.35. The van der Waals surface area contributed by atoms with Crippen LogP contribution < -0.4 is 10.7 Å². The number of hydrazone groups is 1. The van der Waals surface area contributed by atoms with E-state index in [0.29, 0.717) is 18.7 Å². The molecule has 0 spiro atoms. The average molecular weight is 341 g/mol. The molecule has 1 saturated heterocycles. The van der Waals surface area contributed by atoms with E-state index in [1.807, 2.05) is 24.3 Å². The van der Waals surface area contributed by atoms with E-state index in [-0.39, 0.29) is 11.9 Å². The summed E-state index contributed by atoms with van der Waals surface area (Å²) >= 11 is 0. The monoisotopic (exact) mass is 341 g/mol. The van der Waals surface area contributed by atoms with Crippen molar-refractivity contribution in [2.45, 2.75) is 18.9 Å². The minimum Gasteiger partial charge on any atom is -0.507 e. The first-order chi connectivity index (χ1) is 12.1. The number of fused-ring (bicyclic) bond motifs is 1. The number of carbonyl (C=O) groups is 2. The molecule has 1 fully saturated rings. The zero-order valence-corrected chi connectivity index (χ0v) is 13.6. The number of rotatable bonds is 4. The summed E-state index contributed by atoms with van der Waals surface area (Å²) in [5.41, 5.74) is 2.64. The Balaban J connectivity index is 1.60. The molecule has 7 nitrogen and oxygen atoms in total. The Kier molecular flexibility index (Phi) is 5.25. The molecule has 2 amide bonds. The SMILES string of the molecule is O=C(NC[C@@H]1CCCO1)C(=O)N/N=C\c1c(O)ccc2ccccc12. The smallest absolute Gasteiger partial charge is 0.329 e.